The van der Waals surface area contributed by atoms with Gasteiger partial charge in [0.25, 0.3) is 0 Å². The average Bonchev–Trinajstić information content (AvgIpc) is 3.65. The van der Waals surface area contributed by atoms with Crippen molar-refractivity contribution in [2.45, 2.75) is 81.1 Å². The van der Waals surface area contributed by atoms with E-state index in [1.807, 2.05) is 49.2 Å². The number of phenols is 1. The van der Waals surface area contributed by atoms with Crippen LogP contribution in [-0.2, 0) is 16.6 Å². The van der Waals surface area contributed by atoms with Crippen LogP contribution in [0.2, 0.25) is 0 Å². The summed E-state index contributed by atoms with van der Waals surface area (Å²) in [5, 5.41) is 23.7. The largest absolute Gasteiger partial charge is 0.504 e. The van der Waals surface area contributed by atoms with Crippen LogP contribution in [0.5, 0.6) is 11.5 Å². The average molecular weight is 515 g/mol. The zero-order valence-corrected chi connectivity index (χ0v) is 22.6. The number of likely N-dealkylation sites (tertiary alicyclic amines) is 1. The van der Waals surface area contributed by atoms with Crippen LogP contribution in [0.25, 0.3) is 6.08 Å². The number of nitrogens with zero attached hydrogens (tertiary/aromatic N) is 2. The summed E-state index contributed by atoms with van der Waals surface area (Å²) in [6.07, 6.45) is 8.86. The van der Waals surface area contributed by atoms with E-state index in [0.29, 0.717) is 18.6 Å². The van der Waals surface area contributed by atoms with E-state index in [2.05, 4.69) is 17.9 Å². The second-order valence-corrected chi connectivity index (χ2v) is 12.6. The SMILES string of the molecule is Cc1cccc(C=CC(=O)N(C)[C@@H]2CC[C@@]3(O)[C@H]4Cc5ccc(O)c6c5[C@@]3(CCN4CC3CC3)[C@@]2(C)O6)c1. The number of amides is 1. The van der Waals surface area contributed by atoms with Gasteiger partial charge in [-0.15, -0.1) is 0 Å². The van der Waals surface area contributed by atoms with Crippen LogP contribution in [0.3, 0.4) is 0 Å². The molecule has 200 valence electrons. The second-order valence-electron chi connectivity index (χ2n) is 12.6. The first-order valence-electron chi connectivity index (χ1n) is 14.2. The van der Waals surface area contributed by atoms with Gasteiger partial charge in [0.1, 0.15) is 5.60 Å². The first-order chi connectivity index (χ1) is 18.2. The third kappa shape index (κ3) is 3.10. The molecule has 2 saturated carbocycles. The van der Waals surface area contributed by atoms with Gasteiger partial charge in [0.2, 0.25) is 5.91 Å². The zero-order valence-electron chi connectivity index (χ0n) is 22.6. The summed E-state index contributed by atoms with van der Waals surface area (Å²) in [5.74, 6) is 1.31. The fourth-order valence-electron chi connectivity index (χ4n) is 8.69. The molecule has 2 N–H and O–H groups in total. The number of ether oxygens (including phenoxy) is 1. The van der Waals surface area contributed by atoms with Crippen molar-refractivity contribution in [2.75, 3.05) is 20.1 Å². The highest BCUT2D eigenvalue weighted by atomic mass is 16.5. The molecular weight excluding hydrogens is 476 g/mol. The van der Waals surface area contributed by atoms with Gasteiger partial charge in [0, 0.05) is 31.3 Å². The summed E-state index contributed by atoms with van der Waals surface area (Å²) < 4.78 is 6.81. The fraction of sp³-hybridized carbons (Fsp3) is 0.531. The highest BCUT2D eigenvalue weighted by Gasteiger charge is 2.78. The summed E-state index contributed by atoms with van der Waals surface area (Å²) in [5.41, 5.74) is 1.80. The molecule has 6 heteroatoms. The predicted molar refractivity (Wildman–Crippen MR) is 146 cm³/mol. The molecule has 7 rings (SSSR count). The fourth-order valence-corrected chi connectivity index (χ4v) is 8.69. The summed E-state index contributed by atoms with van der Waals surface area (Å²) in [6, 6.07) is 11.6. The van der Waals surface area contributed by atoms with Crippen LogP contribution in [0.1, 0.15) is 61.3 Å². The number of aliphatic hydroxyl groups is 1. The standard InChI is InChI=1S/C32H38N2O4/c1-20-5-4-6-21(17-20)9-12-27(36)33(3)25-13-14-32(37)26-18-23-10-11-24(35)29-28(23)31(32,30(25,2)38-29)15-16-34(26)19-22-7-8-22/h4-6,9-12,17,22,25-26,35,37H,7-8,13-16,18-19H2,1-3H3/t25-,26-,30+,31+,32-/m1/s1. The first-order valence-corrected chi connectivity index (χ1v) is 14.2. The van der Waals surface area contributed by atoms with E-state index in [1.165, 1.54) is 18.4 Å². The van der Waals surface area contributed by atoms with Crippen LogP contribution >= 0.6 is 0 Å². The summed E-state index contributed by atoms with van der Waals surface area (Å²) in [4.78, 5) is 17.9. The summed E-state index contributed by atoms with van der Waals surface area (Å²) in [6.45, 7) is 6.07. The number of hydrogen-bond donors (Lipinski definition) is 2. The van der Waals surface area contributed by atoms with Gasteiger partial charge in [0.15, 0.2) is 11.5 Å². The monoisotopic (exact) mass is 514 g/mol. The van der Waals surface area contributed by atoms with Crippen molar-refractivity contribution in [3.05, 3.63) is 64.7 Å². The second kappa shape index (κ2) is 8.09. The number of aryl methyl sites for hydroxylation is 1. The maximum absolute atomic E-state index is 13.5. The van der Waals surface area contributed by atoms with Gasteiger partial charge in [-0.1, -0.05) is 35.9 Å². The van der Waals surface area contributed by atoms with Gasteiger partial charge in [-0.2, -0.15) is 0 Å². The minimum atomic E-state index is -0.973. The molecule has 0 unspecified atom stereocenters. The number of piperidine rings is 1. The van der Waals surface area contributed by atoms with Gasteiger partial charge in [0.05, 0.1) is 17.1 Å². The van der Waals surface area contributed by atoms with Crippen molar-refractivity contribution in [3.8, 4) is 11.5 Å². The minimum absolute atomic E-state index is 0.0194. The van der Waals surface area contributed by atoms with Crippen LogP contribution in [0.4, 0.5) is 0 Å². The van der Waals surface area contributed by atoms with Gasteiger partial charge in [-0.05, 0) is 88.1 Å². The Balaban J connectivity index is 1.28. The molecular formula is C32H38N2O4. The molecule has 0 radical (unpaired) electrons. The van der Waals surface area contributed by atoms with Crippen LogP contribution in [0.15, 0.2) is 42.5 Å². The van der Waals surface area contributed by atoms with Crippen LogP contribution < -0.4 is 4.74 Å². The number of carbonyl (C=O) groups excluding carboxylic acids is 1. The lowest BCUT2D eigenvalue weighted by Gasteiger charge is -2.68. The lowest BCUT2D eigenvalue weighted by atomic mass is 9.44. The van der Waals surface area contributed by atoms with Crippen molar-refractivity contribution in [1.29, 1.82) is 0 Å². The highest BCUT2D eigenvalue weighted by molar-refractivity contribution is 5.92. The Labute approximate surface area is 224 Å². The molecule has 0 aromatic heterocycles. The molecule has 2 bridgehead atoms. The third-order valence-electron chi connectivity index (χ3n) is 10.6. The molecule has 1 saturated heterocycles. The van der Waals surface area contributed by atoms with E-state index in [4.69, 9.17) is 4.74 Å². The molecule has 3 fully saturated rings. The molecule has 2 aromatic carbocycles. The van der Waals surface area contributed by atoms with E-state index in [-0.39, 0.29) is 23.7 Å². The van der Waals surface area contributed by atoms with Gasteiger partial charge in [-0.3, -0.25) is 9.69 Å². The molecule has 3 aliphatic carbocycles. The van der Waals surface area contributed by atoms with E-state index >= 15 is 0 Å². The predicted octanol–water partition coefficient (Wildman–Crippen LogP) is 4.20. The Morgan fingerprint density at radius 3 is 2.79 bits per heavy atom. The van der Waals surface area contributed by atoms with Crippen molar-refractivity contribution in [2.24, 2.45) is 5.92 Å². The number of benzene rings is 2. The van der Waals surface area contributed by atoms with E-state index < -0.39 is 16.6 Å². The van der Waals surface area contributed by atoms with Gasteiger partial charge in [-0.25, -0.2) is 0 Å². The van der Waals surface area contributed by atoms with Crippen LogP contribution in [-0.4, -0.2) is 69.3 Å². The molecule has 5 atom stereocenters. The van der Waals surface area contributed by atoms with Crippen molar-refractivity contribution in [3.63, 3.8) is 0 Å². The quantitative estimate of drug-likeness (QED) is 0.586. The number of aromatic hydroxyl groups is 1. The maximum Gasteiger partial charge on any atom is 0.246 e. The van der Waals surface area contributed by atoms with Crippen molar-refractivity contribution in [1.82, 2.24) is 9.80 Å². The number of rotatable bonds is 5. The molecule has 5 aliphatic rings. The van der Waals surface area contributed by atoms with E-state index in [9.17, 15) is 15.0 Å². The topological polar surface area (TPSA) is 73.2 Å². The number of hydrogen-bond acceptors (Lipinski definition) is 5. The van der Waals surface area contributed by atoms with Gasteiger partial charge < -0.3 is 19.8 Å². The third-order valence-corrected chi connectivity index (χ3v) is 10.6. The zero-order chi connectivity index (χ0) is 26.4. The van der Waals surface area contributed by atoms with Crippen molar-refractivity contribution >= 4 is 12.0 Å². The van der Waals surface area contributed by atoms with Crippen LogP contribution in [0, 0.1) is 12.8 Å². The molecule has 6 nitrogen and oxygen atoms in total. The van der Waals surface area contributed by atoms with Gasteiger partial charge >= 0.3 is 0 Å². The lowest BCUT2D eigenvalue weighted by Crippen LogP contribution is -2.82. The van der Waals surface area contributed by atoms with E-state index in [0.717, 1.165) is 48.5 Å². The molecule has 38 heavy (non-hydrogen) atoms. The Morgan fingerprint density at radius 1 is 1.21 bits per heavy atom. The lowest BCUT2D eigenvalue weighted by molar-refractivity contribution is -0.229. The Kier molecular flexibility index (Phi) is 5.16. The smallest absolute Gasteiger partial charge is 0.246 e. The summed E-state index contributed by atoms with van der Waals surface area (Å²) >= 11 is 0. The molecule has 1 spiro atoms. The number of likely N-dealkylation sites (N-methyl/N-ethyl adjacent to an activating group) is 1. The summed E-state index contributed by atoms with van der Waals surface area (Å²) in [7, 11) is 1.86. The molecule has 2 heterocycles. The first kappa shape index (κ1) is 24.2. The number of phenolic OH excluding ortho intramolecular Hbond substituents is 1. The maximum atomic E-state index is 13.5. The molecule has 2 aromatic rings. The van der Waals surface area contributed by atoms with Crippen molar-refractivity contribution < 1.29 is 19.7 Å². The van der Waals surface area contributed by atoms with E-state index in [1.54, 1.807) is 12.1 Å². The molecule has 2 aliphatic heterocycles. The Morgan fingerprint density at radius 2 is 2.03 bits per heavy atom. The Bertz CT molecular complexity index is 1350. The number of carbonyl (C=O) groups is 1. The Hall–Kier alpha value is -2.83. The molecule has 1 amide bonds. The highest BCUT2D eigenvalue weighted by Crippen LogP contribution is 2.69. The minimum Gasteiger partial charge on any atom is -0.504 e. The normalized spacial score (nSPS) is 35.2.